The maximum Gasteiger partial charge on any atom is 0.405 e. The monoisotopic (exact) mass is 291 g/mol. The van der Waals surface area contributed by atoms with Gasteiger partial charge in [-0.3, -0.25) is 0 Å². The predicted octanol–water partition coefficient (Wildman–Crippen LogP) is 3.12. The molecule has 0 aliphatic carbocycles. The Kier molecular flexibility index (Phi) is 5.76. The predicted molar refractivity (Wildman–Crippen MR) is 85.4 cm³/mol. The number of nitrogen functional groups attached to an aromatic ring is 1. The van der Waals surface area contributed by atoms with Gasteiger partial charge in [0.2, 0.25) is 0 Å². The normalized spacial score (nSPS) is 12.7. The summed E-state index contributed by atoms with van der Waals surface area (Å²) in [6.07, 6.45) is 1.18. The second-order valence-corrected chi connectivity index (χ2v) is 6.22. The van der Waals surface area contributed by atoms with Gasteiger partial charge >= 0.3 is 6.09 Å². The van der Waals surface area contributed by atoms with Crippen LogP contribution in [0.4, 0.5) is 10.5 Å². The van der Waals surface area contributed by atoms with Gasteiger partial charge in [-0.2, -0.15) is 0 Å². The van der Waals surface area contributed by atoms with E-state index in [4.69, 9.17) is 21.6 Å². The van der Waals surface area contributed by atoms with Crippen LogP contribution in [0.15, 0.2) is 24.3 Å². The van der Waals surface area contributed by atoms with Crippen LogP contribution in [0.5, 0.6) is 0 Å². The molecule has 1 rings (SSSR count). The molecule has 0 bridgehead atoms. The second kappa shape index (κ2) is 7.11. The van der Waals surface area contributed by atoms with Crippen molar-refractivity contribution in [3.05, 3.63) is 29.8 Å². The Hall–Kier alpha value is -2.04. The molecule has 0 saturated heterocycles. The molecule has 21 heavy (non-hydrogen) atoms. The van der Waals surface area contributed by atoms with Crippen LogP contribution >= 0.6 is 0 Å². The fourth-order valence-corrected chi connectivity index (χ4v) is 2.60. The number of hydrogen-bond donors (Lipinski definition) is 3. The average Bonchev–Trinajstić information content (AvgIpc) is 2.28. The molecule has 0 aromatic heterocycles. The fourth-order valence-electron chi connectivity index (χ4n) is 2.60. The quantitative estimate of drug-likeness (QED) is 0.531. The zero-order chi connectivity index (χ0) is 16.0. The van der Waals surface area contributed by atoms with Crippen LogP contribution in [0.1, 0.15) is 39.2 Å². The molecule has 5 nitrogen and oxygen atoms in total. The van der Waals surface area contributed by atoms with Gasteiger partial charge in [0.1, 0.15) is 5.60 Å². The highest BCUT2D eigenvalue weighted by molar-refractivity contribution is 5.83. The van der Waals surface area contributed by atoms with Crippen molar-refractivity contribution in [2.24, 2.45) is 11.7 Å². The van der Waals surface area contributed by atoms with Gasteiger partial charge in [0.05, 0.1) is 0 Å². The molecule has 0 aliphatic rings. The van der Waals surface area contributed by atoms with Crippen LogP contribution < -0.4 is 11.5 Å². The van der Waals surface area contributed by atoms with E-state index < -0.39 is 11.7 Å². The van der Waals surface area contributed by atoms with Crippen molar-refractivity contribution in [3.8, 4) is 0 Å². The standard InChI is InChI=1S/C16H25N3O2/c1-11(10-16(2,3)21-15(19)20)8-14(18)9-12-4-6-13(17)7-5-12/h4-7,11,18H,8-10,17H2,1-3H3,(H2,19,20)/t11-/m0/s1. The molecule has 0 radical (unpaired) electrons. The topological polar surface area (TPSA) is 102 Å². The SMILES string of the molecule is C[C@@H](CC(=N)Cc1ccc(N)cc1)CC(C)(C)OC(N)=O. The van der Waals surface area contributed by atoms with Gasteiger partial charge in [-0.25, -0.2) is 4.79 Å². The summed E-state index contributed by atoms with van der Waals surface area (Å²) in [5.74, 6) is 0.237. The number of hydrogen-bond acceptors (Lipinski definition) is 4. The summed E-state index contributed by atoms with van der Waals surface area (Å²) >= 11 is 0. The van der Waals surface area contributed by atoms with Crippen molar-refractivity contribution in [3.63, 3.8) is 0 Å². The Morgan fingerprint density at radius 2 is 1.90 bits per heavy atom. The van der Waals surface area contributed by atoms with Crippen LogP contribution in [0.2, 0.25) is 0 Å². The lowest BCUT2D eigenvalue weighted by atomic mass is 9.89. The molecule has 0 fully saturated rings. The number of anilines is 1. The minimum atomic E-state index is -0.760. The first-order valence-electron chi connectivity index (χ1n) is 7.07. The summed E-state index contributed by atoms with van der Waals surface area (Å²) in [7, 11) is 0. The highest BCUT2D eigenvalue weighted by Gasteiger charge is 2.25. The molecule has 5 N–H and O–H groups in total. The number of ether oxygens (including phenoxy) is 1. The third kappa shape index (κ3) is 6.79. The molecule has 0 aliphatic heterocycles. The molecule has 0 saturated carbocycles. The maximum atomic E-state index is 10.8. The first kappa shape index (κ1) is 17.0. The highest BCUT2D eigenvalue weighted by atomic mass is 16.6. The third-order valence-corrected chi connectivity index (χ3v) is 3.21. The Morgan fingerprint density at radius 1 is 1.33 bits per heavy atom. The second-order valence-electron chi connectivity index (χ2n) is 6.22. The lowest BCUT2D eigenvalue weighted by molar-refractivity contribution is 0.0290. The number of rotatable bonds is 7. The first-order chi connectivity index (χ1) is 9.68. The van der Waals surface area contributed by atoms with E-state index in [2.05, 4.69) is 0 Å². The van der Waals surface area contributed by atoms with E-state index in [0.29, 0.717) is 25.0 Å². The number of carbonyl (C=O) groups is 1. The first-order valence-corrected chi connectivity index (χ1v) is 7.07. The number of nitrogens with one attached hydrogen (secondary N) is 1. The molecule has 1 aromatic rings. The van der Waals surface area contributed by atoms with E-state index in [1.54, 1.807) is 0 Å². The van der Waals surface area contributed by atoms with E-state index in [1.165, 1.54) is 0 Å². The van der Waals surface area contributed by atoms with E-state index in [-0.39, 0.29) is 5.92 Å². The Bertz CT molecular complexity index is 495. The zero-order valence-electron chi connectivity index (χ0n) is 13.0. The fraction of sp³-hybridized carbons (Fsp3) is 0.500. The Labute approximate surface area is 126 Å². The van der Waals surface area contributed by atoms with Crippen molar-refractivity contribution in [1.29, 1.82) is 5.41 Å². The van der Waals surface area contributed by atoms with Gasteiger partial charge in [-0.15, -0.1) is 0 Å². The van der Waals surface area contributed by atoms with E-state index in [0.717, 1.165) is 11.3 Å². The molecular formula is C16H25N3O2. The highest BCUT2D eigenvalue weighted by Crippen LogP contribution is 2.23. The van der Waals surface area contributed by atoms with Gasteiger partial charge in [-0.05, 0) is 50.3 Å². The Morgan fingerprint density at radius 3 is 2.43 bits per heavy atom. The summed E-state index contributed by atoms with van der Waals surface area (Å²) in [4.78, 5) is 10.8. The lowest BCUT2D eigenvalue weighted by Crippen LogP contribution is -2.33. The molecule has 0 spiro atoms. The van der Waals surface area contributed by atoms with E-state index in [1.807, 2.05) is 45.0 Å². The number of primary amides is 1. The van der Waals surface area contributed by atoms with Crippen LogP contribution in [-0.2, 0) is 11.2 Å². The molecule has 1 amide bonds. The number of benzene rings is 1. The van der Waals surface area contributed by atoms with E-state index >= 15 is 0 Å². The van der Waals surface area contributed by atoms with Crippen LogP contribution in [0, 0.1) is 11.3 Å². The molecule has 0 heterocycles. The summed E-state index contributed by atoms with van der Waals surface area (Å²) < 4.78 is 5.08. The number of nitrogens with two attached hydrogens (primary N) is 2. The van der Waals surface area contributed by atoms with Gasteiger partial charge in [0.25, 0.3) is 0 Å². The van der Waals surface area contributed by atoms with Crippen molar-refractivity contribution >= 4 is 17.5 Å². The Balaban J connectivity index is 2.46. The molecule has 1 aromatic carbocycles. The maximum absolute atomic E-state index is 10.8. The van der Waals surface area contributed by atoms with Crippen molar-refractivity contribution in [2.45, 2.75) is 45.6 Å². The zero-order valence-corrected chi connectivity index (χ0v) is 13.0. The van der Waals surface area contributed by atoms with Gasteiger partial charge in [0.15, 0.2) is 0 Å². The largest absolute Gasteiger partial charge is 0.444 e. The summed E-state index contributed by atoms with van der Waals surface area (Å²) in [5.41, 5.74) is 12.6. The van der Waals surface area contributed by atoms with Crippen LogP contribution in [-0.4, -0.2) is 17.4 Å². The number of amides is 1. The van der Waals surface area contributed by atoms with Crippen LogP contribution in [0.3, 0.4) is 0 Å². The van der Waals surface area contributed by atoms with Crippen molar-refractivity contribution in [2.75, 3.05) is 5.73 Å². The van der Waals surface area contributed by atoms with Gasteiger partial charge in [-0.1, -0.05) is 19.1 Å². The summed E-state index contributed by atoms with van der Waals surface area (Å²) in [6, 6.07) is 7.56. The third-order valence-electron chi connectivity index (χ3n) is 3.21. The smallest absolute Gasteiger partial charge is 0.405 e. The molecule has 0 unspecified atom stereocenters. The lowest BCUT2D eigenvalue weighted by Gasteiger charge is -2.27. The van der Waals surface area contributed by atoms with Crippen molar-refractivity contribution < 1.29 is 9.53 Å². The minimum absolute atomic E-state index is 0.237. The summed E-state index contributed by atoms with van der Waals surface area (Å²) in [5, 5.41) is 8.10. The molecular weight excluding hydrogens is 266 g/mol. The minimum Gasteiger partial charge on any atom is -0.444 e. The van der Waals surface area contributed by atoms with Gasteiger partial charge in [0, 0.05) is 17.8 Å². The molecule has 1 atom stereocenters. The van der Waals surface area contributed by atoms with Crippen LogP contribution in [0.25, 0.3) is 0 Å². The van der Waals surface area contributed by atoms with Crippen molar-refractivity contribution in [1.82, 2.24) is 0 Å². The number of carbonyl (C=O) groups excluding carboxylic acids is 1. The molecule has 5 heteroatoms. The average molecular weight is 291 g/mol. The van der Waals surface area contributed by atoms with Gasteiger partial charge < -0.3 is 21.6 Å². The summed E-state index contributed by atoms with van der Waals surface area (Å²) in [6.45, 7) is 5.71. The molecule has 116 valence electrons. The van der Waals surface area contributed by atoms with E-state index in [9.17, 15) is 4.79 Å².